The lowest BCUT2D eigenvalue weighted by molar-refractivity contribution is -0.126. The predicted octanol–water partition coefficient (Wildman–Crippen LogP) is 1.71. The average Bonchev–Trinajstić information content (AvgIpc) is 2.48. The Morgan fingerprint density at radius 1 is 1.25 bits per heavy atom. The molecule has 1 atom stereocenters. The van der Waals surface area contributed by atoms with Crippen molar-refractivity contribution in [1.82, 2.24) is 10.2 Å². The van der Waals surface area contributed by atoms with E-state index in [1.807, 2.05) is 0 Å². The quantitative estimate of drug-likeness (QED) is 0.897. The Hall–Kier alpha value is -1.98. The number of piperidine rings is 1. The Labute approximate surface area is 115 Å². The first-order valence-corrected chi connectivity index (χ1v) is 6.52. The Morgan fingerprint density at radius 2 is 2.00 bits per heavy atom. The number of benzene rings is 1. The number of nitrogens with zero attached hydrogens (tertiary/aromatic N) is 1. The lowest BCUT2D eigenvalue weighted by Gasteiger charge is -2.34. The maximum Gasteiger partial charge on any atom is 0.254 e. The van der Waals surface area contributed by atoms with Gasteiger partial charge in [0.2, 0.25) is 5.91 Å². The van der Waals surface area contributed by atoms with E-state index in [1.165, 1.54) is 18.0 Å². The van der Waals surface area contributed by atoms with Gasteiger partial charge in [-0.05, 0) is 37.5 Å². The summed E-state index contributed by atoms with van der Waals surface area (Å²) in [5.74, 6) is -2.75. The minimum absolute atomic E-state index is 0.0553. The van der Waals surface area contributed by atoms with Crippen LogP contribution in [0.4, 0.5) is 8.78 Å². The highest BCUT2D eigenvalue weighted by atomic mass is 19.2. The van der Waals surface area contributed by atoms with E-state index in [0.717, 1.165) is 25.0 Å². The van der Waals surface area contributed by atoms with Gasteiger partial charge in [0, 0.05) is 19.2 Å². The fraction of sp³-hybridized carbons (Fsp3) is 0.429. The molecule has 0 aliphatic carbocycles. The number of hydrogen-bond donors (Lipinski definition) is 1. The SMILES string of the molecule is CNC(=O)C1CCCCN1C(=O)c1ccc(F)c(F)c1. The normalized spacial score (nSPS) is 18.8. The van der Waals surface area contributed by atoms with Crippen LogP contribution in [0.25, 0.3) is 0 Å². The van der Waals surface area contributed by atoms with Gasteiger partial charge in [-0.25, -0.2) is 8.78 Å². The highest BCUT2D eigenvalue weighted by molar-refractivity contribution is 5.97. The van der Waals surface area contributed by atoms with Crippen LogP contribution in [0.3, 0.4) is 0 Å². The summed E-state index contributed by atoms with van der Waals surface area (Å²) in [6.45, 7) is 0.440. The monoisotopic (exact) mass is 282 g/mol. The number of likely N-dealkylation sites (N-methyl/N-ethyl adjacent to an activating group) is 1. The summed E-state index contributed by atoms with van der Waals surface area (Å²) in [5.41, 5.74) is 0.0553. The molecular weight excluding hydrogens is 266 g/mol. The lowest BCUT2D eigenvalue weighted by Crippen LogP contribution is -2.51. The Bertz CT molecular complexity index is 534. The van der Waals surface area contributed by atoms with Crippen molar-refractivity contribution < 1.29 is 18.4 Å². The molecule has 0 radical (unpaired) electrons. The van der Waals surface area contributed by atoms with Crippen LogP contribution in [0.15, 0.2) is 18.2 Å². The highest BCUT2D eigenvalue weighted by Crippen LogP contribution is 2.20. The van der Waals surface area contributed by atoms with Crippen molar-refractivity contribution >= 4 is 11.8 Å². The molecule has 1 saturated heterocycles. The van der Waals surface area contributed by atoms with Gasteiger partial charge in [0.05, 0.1) is 0 Å². The number of carbonyl (C=O) groups excluding carboxylic acids is 2. The van der Waals surface area contributed by atoms with E-state index >= 15 is 0 Å². The Kier molecular flexibility index (Phi) is 4.32. The van der Waals surface area contributed by atoms with Gasteiger partial charge >= 0.3 is 0 Å². The van der Waals surface area contributed by atoms with Crippen LogP contribution in [0.5, 0.6) is 0 Å². The van der Waals surface area contributed by atoms with E-state index in [-0.39, 0.29) is 11.5 Å². The van der Waals surface area contributed by atoms with Gasteiger partial charge in [-0.1, -0.05) is 0 Å². The molecule has 1 unspecified atom stereocenters. The third kappa shape index (κ3) is 2.79. The maximum atomic E-state index is 13.2. The molecule has 108 valence electrons. The molecule has 20 heavy (non-hydrogen) atoms. The fourth-order valence-electron chi connectivity index (χ4n) is 2.41. The van der Waals surface area contributed by atoms with Crippen molar-refractivity contribution in [1.29, 1.82) is 0 Å². The molecule has 4 nitrogen and oxygen atoms in total. The molecule has 1 aliphatic rings. The summed E-state index contributed by atoms with van der Waals surface area (Å²) < 4.78 is 26.1. The summed E-state index contributed by atoms with van der Waals surface area (Å²) in [7, 11) is 1.51. The van der Waals surface area contributed by atoms with Crippen molar-refractivity contribution in [2.75, 3.05) is 13.6 Å². The molecule has 1 aliphatic heterocycles. The first kappa shape index (κ1) is 14.4. The van der Waals surface area contributed by atoms with Gasteiger partial charge in [-0.2, -0.15) is 0 Å². The average molecular weight is 282 g/mol. The Balaban J connectivity index is 2.25. The van der Waals surface area contributed by atoms with Crippen LogP contribution in [0.1, 0.15) is 29.6 Å². The summed E-state index contributed by atoms with van der Waals surface area (Å²) >= 11 is 0. The van der Waals surface area contributed by atoms with Crippen LogP contribution in [0.2, 0.25) is 0 Å². The smallest absolute Gasteiger partial charge is 0.254 e. The third-order valence-corrected chi connectivity index (χ3v) is 3.48. The number of carbonyl (C=O) groups is 2. The van der Waals surface area contributed by atoms with Crippen molar-refractivity contribution in [3.8, 4) is 0 Å². The Morgan fingerprint density at radius 3 is 2.65 bits per heavy atom. The van der Waals surface area contributed by atoms with Gasteiger partial charge in [-0.15, -0.1) is 0 Å². The molecule has 0 spiro atoms. The summed E-state index contributed by atoms with van der Waals surface area (Å²) in [5, 5.41) is 2.52. The minimum atomic E-state index is -1.07. The number of nitrogens with one attached hydrogen (secondary N) is 1. The van der Waals surface area contributed by atoms with E-state index in [4.69, 9.17) is 0 Å². The van der Waals surface area contributed by atoms with Crippen molar-refractivity contribution in [2.45, 2.75) is 25.3 Å². The van der Waals surface area contributed by atoms with Gasteiger partial charge in [-0.3, -0.25) is 9.59 Å². The largest absolute Gasteiger partial charge is 0.357 e. The molecule has 0 saturated carbocycles. The molecule has 6 heteroatoms. The number of likely N-dealkylation sites (tertiary alicyclic amines) is 1. The second-order valence-corrected chi connectivity index (χ2v) is 4.75. The molecule has 2 rings (SSSR count). The summed E-state index contributed by atoms with van der Waals surface area (Å²) in [6, 6.07) is 2.47. The first-order valence-electron chi connectivity index (χ1n) is 6.52. The summed E-state index contributed by atoms with van der Waals surface area (Å²) in [6.07, 6.45) is 2.23. The zero-order valence-corrected chi connectivity index (χ0v) is 11.2. The second kappa shape index (κ2) is 5.98. The van der Waals surface area contributed by atoms with Gasteiger partial charge in [0.25, 0.3) is 5.91 Å². The topological polar surface area (TPSA) is 49.4 Å². The van der Waals surface area contributed by atoms with Crippen LogP contribution < -0.4 is 5.32 Å². The standard InChI is InChI=1S/C14H16F2N2O2/c1-17-13(19)12-4-2-3-7-18(12)14(20)9-5-6-10(15)11(16)8-9/h5-6,8,12H,2-4,7H2,1H3,(H,17,19). The zero-order valence-electron chi connectivity index (χ0n) is 11.2. The molecule has 1 fully saturated rings. The number of amides is 2. The highest BCUT2D eigenvalue weighted by Gasteiger charge is 2.32. The van der Waals surface area contributed by atoms with E-state index in [2.05, 4.69) is 5.32 Å². The zero-order chi connectivity index (χ0) is 14.7. The van der Waals surface area contributed by atoms with Crippen LogP contribution in [0, 0.1) is 11.6 Å². The van der Waals surface area contributed by atoms with E-state index in [0.29, 0.717) is 13.0 Å². The number of hydrogen-bond acceptors (Lipinski definition) is 2. The maximum absolute atomic E-state index is 13.2. The van der Waals surface area contributed by atoms with E-state index < -0.39 is 23.6 Å². The predicted molar refractivity (Wildman–Crippen MR) is 69.1 cm³/mol. The summed E-state index contributed by atoms with van der Waals surface area (Å²) in [4.78, 5) is 25.6. The van der Waals surface area contributed by atoms with Crippen LogP contribution in [-0.2, 0) is 4.79 Å². The lowest BCUT2D eigenvalue weighted by atomic mass is 10.00. The molecule has 1 heterocycles. The number of halogens is 2. The van der Waals surface area contributed by atoms with Crippen LogP contribution >= 0.6 is 0 Å². The molecule has 1 aromatic rings. The third-order valence-electron chi connectivity index (χ3n) is 3.48. The molecule has 0 bridgehead atoms. The second-order valence-electron chi connectivity index (χ2n) is 4.75. The van der Waals surface area contributed by atoms with E-state index in [1.54, 1.807) is 0 Å². The van der Waals surface area contributed by atoms with E-state index in [9.17, 15) is 18.4 Å². The molecular formula is C14H16F2N2O2. The molecule has 2 amide bonds. The van der Waals surface area contributed by atoms with Crippen molar-refractivity contribution in [2.24, 2.45) is 0 Å². The number of rotatable bonds is 2. The molecule has 0 aromatic heterocycles. The van der Waals surface area contributed by atoms with Crippen LogP contribution in [-0.4, -0.2) is 36.3 Å². The van der Waals surface area contributed by atoms with Crippen molar-refractivity contribution in [3.63, 3.8) is 0 Å². The molecule has 1 aromatic carbocycles. The van der Waals surface area contributed by atoms with Gasteiger partial charge in [0.15, 0.2) is 11.6 Å². The fourth-order valence-corrected chi connectivity index (χ4v) is 2.41. The minimum Gasteiger partial charge on any atom is -0.357 e. The van der Waals surface area contributed by atoms with Gasteiger partial charge in [0.1, 0.15) is 6.04 Å². The first-order chi connectivity index (χ1) is 9.54. The van der Waals surface area contributed by atoms with Gasteiger partial charge < -0.3 is 10.2 Å². The van der Waals surface area contributed by atoms with Crippen molar-refractivity contribution in [3.05, 3.63) is 35.4 Å². The molecule has 1 N–H and O–H groups in total.